The number of rotatable bonds is 3. The first-order valence-electron chi connectivity index (χ1n) is 5.06. The summed E-state index contributed by atoms with van der Waals surface area (Å²) in [6.45, 7) is 2.05. The number of hydrogen-bond acceptors (Lipinski definition) is 5. The Labute approximate surface area is 118 Å². The predicted molar refractivity (Wildman–Crippen MR) is 71.3 cm³/mol. The van der Waals surface area contributed by atoms with Gasteiger partial charge in [-0.3, -0.25) is 0 Å². The first-order valence-corrected chi connectivity index (χ1v) is 6.70. The molecule has 0 saturated carbocycles. The largest absolute Gasteiger partial charge is 0.461 e. The molecular weight excluding hydrogens is 295 g/mol. The molecule has 4 nitrogen and oxygen atoms in total. The summed E-state index contributed by atoms with van der Waals surface area (Å²) in [5, 5.41) is 2.94. The maximum atomic E-state index is 11.5. The van der Waals surface area contributed by atoms with Crippen LogP contribution in [0, 0.1) is 0 Å². The third kappa shape index (κ3) is 2.98. The summed E-state index contributed by atoms with van der Waals surface area (Å²) in [5.41, 5.74) is 0.794. The van der Waals surface area contributed by atoms with Crippen molar-refractivity contribution < 1.29 is 9.53 Å². The topological polar surface area (TPSA) is 52.1 Å². The third-order valence-corrected chi connectivity index (χ3v) is 3.24. The number of aromatic nitrogens is 2. The van der Waals surface area contributed by atoms with Crippen LogP contribution in [0.1, 0.15) is 17.4 Å². The van der Waals surface area contributed by atoms with E-state index >= 15 is 0 Å². The SMILES string of the molecule is CCOC(=O)c1csc(-c2cc(Cl)cc(Cl)n2)n1. The smallest absolute Gasteiger partial charge is 0.357 e. The van der Waals surface area contributed by atoms with Gasteiger partial charge in [-0.05, 0) is 19.1 Å². The zero-order chi connectivity index (χ0) is 13.1. The normalized spacial score (nSPS) is 10.4. The number of nitrogens with zero attached hydrogens (tertiary/aromatic N) is 2. The lowest BCUT2D eigenvalue weighted by atomic mass is 10.3. The van der Waals surface area contributed by atoms with Crippen LogP contribution in [0.15, 0.2) is 17.5 Å². The van der Waals surface area contributed by atoms with Crippen molar-refractivity contribution in [3.63, 3.8) is 0 Å². The zero-order valence-corrected chi connectivity index (χ0v) is 11.6. The Morgan fingerprint density at radius 1 is 1.39 bits per heavy atom. The molecular formula is C11H8Cl2N2O2S. The molecule has 0 saturated heterocycles. The van der Waals surface area contributed by atoms with E-state index in [0.29, 0.717) is 22.3 Å². The second kappa shape index (κ2) is 5.65. The third-order valence-electron chi connectivity index (χ3n) is 1.97. The summed E-state index contributed by atoms with van der Waals surface area (Å²) in [6.07, 6.45) is 0. The van der Waals surface area contributed by atoms with E-state index in [4.69, 9.17) is 27.9 Å². The molecule has 0 fully saturated rings. The maximum absolute atomic E-state index is 11.5. The molecule has 2 aromatic rings. The average molecular weight is 303 g/mol. The van der Waals surface area contributed by atoms with Crippen LogP contribution < -0.4 is 0 Å². The van der Waals surface area contributed by atoms with Crippen LogP contribution in [0.2, 0.25) is 10.2 Å². The summed E-state index contributed by atoms with van der Waals surface area (Å²) in [7, 11) is 0. The molecule has 0 radical (unpaired) electrons. The molecule has 0 N–H and O–H groups in total. The molecule has 2 heterocycles. The number of halogens is 2. The highest BCUT2D eigenvalue weighted by Crippen LogP contribution is 2.26. The van der Waals surface area contributed by atoms with Gasteiger partial charge in [0.1, 0.15) is 15.9 Å². The molecule has 2 aromatic heterocycles. The van der Waals surface area contributed by atoms with Gasteiger partial charge in [0.05, 0.1) is 6.61 Å². The van der Waals surface area contributed by atoms with Gasteiger partial charge in [0, 0.05) is 10.4 Å². The van der Waals surface area contributed by atoms with E-state index in [9.17, 15) is 4.79 Å². The van der Waals surface area contributed by atoms with Crippen LogP contribution in [0.4, 0.5) is 0 Å². The number of hydrogen-bond donors (Lipinski definition) is 0. The maximum Gasteiger partial charge on any atom is 0.357 e. The molecule has 0 aliphatic rings. The second-order valence-corrected chi connectivity index (χ2v) is 4.93. The molecule has 0 bridgehead atoms. The molecule has 2 rings (SSSR count). The first-order chi connectivity index (χ1) is 8.60. The average Bonchev–Trinajstić information content (AvgIpc) is 2.77. The fraction of sp³-hybridized carbons (Fsp3) is 0.182. The number of carbonyl (C=O) groups is 1. The fourth-order valence-corrected chi connectivity index (χ4v) is 2.49. The highest BCUT2D eigenvalue weighted by molar-refractivity contribution is 7.13. The van der Waals surface area contributed by atoms with Crippen molar-refractivity contribution in [2.45, 2.75) is 6.92 Å². The van der Waals surface area contributed by atoms with Crippen molar-refractivity contribution in [3.8, 4) is 10.7 Å². The van der Waals surface area contributed by atoms with Crippen LogP contribution in [-0.2, 0) is 4.74 Å². The minimum atomic E-state index is -0.451. The minimum Gasteiger partial charge on any atom is -0.461 e. The number of pyridine rings is 1. The van der Waals surface area contributed by atoms with Crippen LogP contribution in [0.25, 0.3) is 10.7 Å². The second-order valence-electron chi connectivity index (χ2n) is 3.25. The van der Waals surface area contributed by atoms with Gasteiger partial charge >= 0.3 is 5.97 Å². The quantitative estimate of drug-likeness (QED) is 0.641. The summed E-state index contributed by atoms with van der Waals surface area (Å²) < 4.78 is 4.86. The van der Waals surface area contributed by atoms with Crippen molar-refractivity contribution in [3.05, 3.63) is 33.4 Å². The number of carbonyl (C=O) groups excluding carboxylic acids is 1. The van der Waals surface area contributed by atoms with Gasteiger partial charge in [-0.1, -0.05) is 23.2 Å². The molecule has 0 atom stereocenters. The summed E-state index contributed by atoms with van der Waals surface area (Å²) in [6, 6.07) is 3.17. The van der Waals surface area contributed by atoms with Crippen molar-refractivity contribution in [2.75, 3.05) is 6.61 Å². The van der Waals surface area contributed by atoms with Gasteiger partial charge in [-0.25, -0.2) is 14.8 Å². The molecule has 0 spiro atoms. The lowest BCUT2D eigenvalue weighted by Crippen LogP contribution is -2.04. The van der Waals surface area contributed by atoms with E-state index in [2.05, 4.69) is 9.97 Å². The van der Waals surface area contributed by atoms with Gasteiger partial charge < -0.3 is 4.74 Å². The van der Waals surface area contributed by atoms with E-state index in [-0.39, 0.29) is 10.8 Å². The summed E-state index contributed by atoms with van der Waals surface area (Å²) in [4.78, 5) is 19.7. The standard InChI is InChI=1S/C11H8Cl2N2O2S/c1-2-17-11(16)8-5-18-10(15-8)7-3-6(12)4-9(13)14-7/h3-5H,2H2,1H3. The van der Waals surface area contributed by atoms with Gasteiger partial charge in [0.25, 0.3) is 0 Å². The zero-order valence-electron chi connectivity index (χ0n) is 9.31. The Bertz CT molecular complexity index is 566. The van der Waals surface area contributed by atoms with E-state index in [1.54, 1.807) is 18.4 Å². The number of thiazole rings is 1. The van der Waals surface area contributed by atoms with Crippen molar-refractivity contribution in [2.24, 2.45) is 0 Å². The molecule has 7 heteroatoms. The lowest BCUT2D eigenvalue weighted by molar-refractivity contribution is 0.0520. The molecule has 0 amide bonds. The van der Waals surface area contributed by atoms with E-state index in [1.807, 2.05) is 0 Å². The molecule has 0 aliphatic carbocycles. The Morgan fingerprint density at radius 2 is 2.17 bits per heavy atom. The van der Waals surface area contributed by atoms with Crippen LogP contribution >= 0.6 is 34.5 Å². The Balaban J connectivity index is 2.32. The van der Waals surface area contributed by atoms with Gasteiger partial charge in [0.2, 0.25) is 0 Å². The number of esters is 1. The van der Waals surface area contributed by atoms with Crippen molar-refractivity contribution in [1.82, 2.24) is 9.97 Å². The highest BCUT2D eigenvalue weighted by Gasteiger charge is 2.14. The highest BCUT2D eigenvalue weighted by atomic mass is 35.5. The molecule has 0 unspecified atom stereocenters. The van der Waals surface area contributed by atoms with Crippen LogP contribution in [-0.4, -0.2) is 22.5 Å². The minimum absolute atomic E-state index is 0.259. The summed E-state index contributed by atoms with van der Waals surface area (Å²) in [5.74, 6) is -0.451. The van der Waals surface area contributed by atoms with Gasteiger partial charge in [-0.2, -0.15) is 0 Å². The molecule has 18 heavy (non-hydrogen) atoms. The Hall–Kier alpha value is -1.17. The van der Waals surface area contributed by atoms with Gasteiger partial charge in [-0.15, -0.1) is 11.3 Å². The van der Waals surface area contributed by atoms with Gasteiger partial charge in [0.15, 0.2) is 5.69 Å². The van der Waals surface area contributed by atoms with E-state index < -0.39 is 5.97 Å². The van der Waals surface area contributed by atoms with Crippen molar-refractivity contribution >= 4 is 40.5 Å². The van der Waals surface area contributed by atoms with E-state index in [0.717, 1.165) is 0 Å². The molecule has 94 valence electrons. The predicted octanol–water partition coefficient (Wildman–Crippen LogP) is 3.69. The first kappa shape index (κ1) is 13.3. The fourth-order valence-electron chi connectivity index (χ4n) is 1.27. The van der Waals surface area contributed by atoms with Crippen LogP contribution in [0.3, 0.4) is 0 Å². The van der Waals surface area contributed by atoms with Crippen LogP contribution in [0.5, 0.6) is 0 Å². The molecule has 0 aliphatic heterocycles. The Morgan fingerprint density at radius 3 is 2.83 bits per heavy atom. The lowest BCUT2D eigenvalue weighted by Gasteiger charge is -1.98. The van der Waals surface area contributed by atoms with E-state index in [1.165, 1.54) is 17.4 Å². The number of ether oxygens (including phenoxy) is 1. The Kier molecular flexibility index (Phi) is 4.16. The molecule has 0 aromatic carbocycles. The monoisotopic (exact) mass is 302 g/mol. The van der Waals surface area contributed by atoms with Crippen molar-refractivity contribution in [1.29, 1.82) is 0 Å². The summed E-state index contributed by atoms with van der Waals surface area (Å²) >= 11 is 13.0.